The molecule has 166 valence electrons. The summed E-state index contributed by atoms with van der Waals surface area (Å²) in [6.45, 7) is 9.38. The van der Waals surface area contributed by atoms with E-state index in [0.29, 0.717) is 36.0 Å². The Morgan fingerprint density at radius 3 is 2.67 bits per heavy atom. The molecule has 0 bridgehead atoms. The number of rotatable bonds is 4. The Morgan fingerprint density at radius 2 is 1.97 bits per heavy atom. The molecule has 1 unspecified atom stereocenters. The Labute approximate surface area is 178 Å². The van der Waals surface area contributed by atoms with Gasteiger partial charge in [-0.05, 0) is 76.3 Å². The molecular weight excluding hydrogens is 382 g/mol. The van der Waals surface area contributed by atoms with Crippen LogP contribution in [0.5, 0.6) is 0 Å². The fraction of sp³-hybridized carbons (Fsp3) is 0.864. The molecule has 3 saturated heterocycles. The average molecular weight is 418 g/mol. The van der Waals surface area contributed by atoms with E-state index in [1.54, 1.807) is 0 Å². The molecule has 1 aromatic rings. The van der Waals surface area contributed by atoms with Crippen LogP contribution in [0.25, 0.3) is 0 Å². The van der Waals surface area contributed by atoms with Gasteiger partial charge in [0.25, 0.3) is 0 Å². The van der Waals surface area contributed by atoms with Crippen LogP contribution in [-0.2, 0) is 4.74 Å². The van der Waals surface area contributed by atoms with Gasteiger partial charge in [0, 0.05) is 38.6 Å². The van der Waals surface area contributed by atoms with Crippen molar-refractivity contribution in [3.8, 4) is 0 Å². The number of hydrogen-bond donors (Lipinski definition) is 0. The summed E-state index contributed by atoms with van der Waals surface area (Å²) in [5.41, 5.74) is 0.354. The van der Waals surface area contributed by atoms with E-state index in [9.17, 15) is 4.79 Å². The first-order chi connectivity index (χ1) is 14.6. The minimum Gasteiger partial charge on any atom is -0.450 e. The number of aryl methyl sites for hydroxylation is 1. The van der Waals surface area contributed by atoms with Crippen LogP contribution in [0.3, 0.4) is 0 Å². The molecule has 8 heteroatoms. The fourth-order valence-corrected chi connectivity index (χ4v) is 6.43. The Kier molecular flexibility index (Phi) is 5.37. The molecule has 8 nitrogen and oxygen atoms in total. The number of hydrogen-bond acceptors (Lipinski definition) is 7. The van der Waals surface area contributed by atoms with Gasteiger partial charge in [0.15, 0.2) is 0 Å². The monoisotopic (exact) mass is 417 g/mol. The molecule has 4 aliphatic rings. The van der Waals surface area contributed by atoms with Crippen molar-refractivity contribution in [1.29, 1.82) is 0 Å². The number of amides is 1. The van der Waals surface area contributed by atoms with E-state index in [-0.39, 0.29) is 6.09 Å². The highest BCUT2D eigenvalue weighted by Crippen LogP contribution is 2.51. The quantitative estimate of drug-likeness (QED) is 0.745. The number of nitrogens with zero attached hydrogens (tertiary/aromatic N) is 5. The van der Waals surface area contributed by atoms with Gasteiger partial charge in [-0.2, -0.15) is 0 Å². The van der Waals surface area contributed by atoms with Crippen molar-refractivity contribution < 1.29 is 13.9 Å². The van der Waals surface area contributed by atoms with Crippen LogP contribution in [0.1, 0.15) is 57.8 Å². The number of anilines is 1. The zero-order chi connectivity index (χ0) is 20.7. The summed E-state index contributed by atoms with van der Waals surface area (Å²) in [6, 6.07) is 1.96. The van der Waals surface area contributed by atoms with Crippen LogP contribution in [0, 0.1) is 18.3 Å². The number of carbonyl (C=O) groups is 1. The lowest BCUT2D eigenvalue weighted by atomic mass is 9.64. The summed E-state index contributed by atoms with van der Waals surface area (Å²) < 4.78 is 10.9. The second kappa shape index (κ2) is 8.02. The molecule has 1 saturated carbocycles. The first-order valence-corrected chi connectivity index (χ1v) is 11.8. The van der Waals surface area contributed by atoms with Gasteiger partial charge in [0.2, 0.25) is 5.89 Å². The smallest absolute Gasteiger partial charge is 0.409 e. The van der Waals surface area contributed by atoms with E-state index >= 15 is 0 Å². The summed E-state index contributed by atoms with van der Waals surface area (Å²) in [4.78, 5) is 19.0. The van der Waals surface area contributed by atoms with Gasteiger partial charge in [-0.3, -0.25) is 0 Å². The molecule has 1 atom stereocenters. The van der Waals surface area contributed by atoms with E-state index in [0.717, 1.165) is 32.0 Å². The number of aromatic nitrogens is 2. The molecule has 1 amide bonds. The van der Waals surface area contributed by atoms with E-state index < -0.39 is 0 Å². The van der Waals surface area contributed by atoms with Gasteiger partial charge in [0.1, 0.15) is 0 Å². The summed E-state index contributed by atoms with van der Waals surface area (Å²) >= 11 is 0. The number of ether oxygens (including phenoxy) is 1. The van der Waals surface area contributed by atoms with Gasteiger partial charge in [-0.25, -0.2) is 4.79 Å². The Hall–Kier alpha value is -1.83. The summed E-state index contributed by atoms with van der Waals surface area (Å²) in [7, 11) is 0. The molecule has 4 heterocycles. The fourth-order valence-electron chi connectivity index (χ4n) is 6.43. The van der Waals surface area contributed by atoms with Gasteiger partial charge >= 0.3 is 12.1 Å². The highest BCUT2D eigenvalue weighted by atomic mass is 16.6. The second-order valence-corrected chi connectivity index (χ2v) is 9.81. The number of piperidine rings is 1. The maximum absolute atomic E-state index is 12.0. The van der Waals surface area contributed by atoms with Crippen molar-refractivity contribution in [2.45, 2.75) is 70.9 Å². The average Bonchev–Trinajstić information content (AvgIpc) is 3.46. The number of carbonyl (C=O) groups excluding carboxylic acids is 1. The third-order valence-corrected chi connectivity index (χ3v) is 8.00. The molecule has 1 aliphatic carbocycles. The van der Waals surface area contributed by atoms with E-state index in [1.807, 2.05) is 18.7 Å². The second-order valence-electron chi connectivity index (χ2n) is 9.81. The van der Waals surface area contributed by atoms with Crippen molar-refractivity contribution in [3.05, 3.63) is 5.89 Å². The first-order valence-electron chi connectivity index (χ1n) is 11.8. The zero-order valence-electron chi connectivity index (χ0n) is 18.4. The molecule has 0 aromatic carbocycles. The Morgan fingerprint density at radius 1 is 1.17 bits per heavy atom. The predicted octanol–water partition coefficient (Wildman–Crippen LogP) is 3.07. The van der Waals surface area contributed by atoms with Crippen LogP contribution >= 0.6 is 0 Å². The third kappa shape index (κ3) is 3.67. The maximum atomic E-state index is 12.0. The highest BCUT2D eigenvalue weighted by molar-refractivity contribution is 5.68. The van der Waals surface area contributed by atoms with Crippen molar-refractivity contribution in [3.63, 3.8) is 0 Å². The molecular formula is C22H35N5O3. The molecule has 1 spiro atoms. The Balaban J connectivity index is 1.10. The van der Waals surface area contributed by atoms with Gasteiger partial charge in [0.05, 0.1) is 6.61 Å². The van der Waals surface area contributed by atoms with Gasteiger partial charge < -0.3 is 23.9 Å². The Bertz CT molecular complexity index is 754. The molecule has 0 N–H and O–H groups in total. The van der Waals surface area contributed by atoms with Crippen LogP contribution < -0.4 is 4.90 Å². The van der Waals surface area contributed by atoms with E-state index in [1.165, 1.54) is 51.6 Å². The van der Waals surface area contributed by atoms with Crippen LogP contribution in [0.15, 0.2) is 4.42 Å². The van der Waals surface area contributed by atoms with Crippen molar-refractivity contribution in [2.75, 3.05) is 44.2 Å². The molecule has 30 heavy (non-hydrogen) atoms. The summed E-state index contributed by atoms with van der Waals surface area (Å²) in [6.07, 6.45) is 8.46. The van der Waals surface area contributed by atoms with E-state index in [4.69, 9.17) is 9.15 Å². The lowest BCUT2D eigenvalue weighted by molar-refractivity contribution is -0.0110. The minimum absolute atomic E-state index is 0.129. The lowest BCUT2D eigenvalue weighted by Gasteiger charge is -2.52. The van der Waals surface area contributed by atoms with Crippen molar-refractivity contribution >= 4 is 12.1 Å². The molecule has 5 rings (SSSR count). The lowest BCUT2D eigenvalue weighted by Crippen LogP contribution is -2.55. The largest absolute Gasteiger partial charge is 0.450 e. The van der Waals surface area contributed by atoms with E-state index in [2.05, 4.69) is 20.0 Å². The number of likely N-dealkylation sites (tertiary alicyclic amines) is 2. The zero-order valence-corrected chi connectivity index (χ0v) is 18.4. The summed E-state index contributed by atoms with van der Waals surface area (Å²) in [5, 5.41) is 8.30. The van der Waals surface area contributed by atoms with Crippen molar-refractivity contribution in [1.82, 2.24) is 20.0 Å². The van der Waals surface area contributed by atoms with Gasteiger partial charge in [-0.1, -0.05) is 5.10 Å². The van der Waals surface area contributed by atoms with Crippen molar-refractivity contribution in [2.24, 2.45) is 11.3 Å². The first kappa shape index (κ1) is 20.1. The molecule has 3 aliphatic heterocycles. The SMILES string of the molecule is CCOC(=O)N1CCC2(CC(N3CCC(C4CCCN4c4nnc(C)o4)CC3)C2)C1. The normalized spacial score (nSPS) is 32.7. The highest BCUT2D eigenvalue weighted by Gasteiger charge is 2.51. The summed E-state index contributed by atoms with van der Waals surface area (Å²) in [5.74, 6) is 1.37. The van der Waals surface area contributed by atoms with Crippen LogP contribution in [0.4, 0.5) is 10.8 Å². The maximum Gasteiger partial charge on any atom is 0.409 e. The minimum atomic E-state index is -0.129. The topological polar surface area (TPSA) is 74.9 Å². The molecule has 1 aromatic heterocycles. The third-order valence-electron chi connectivity index (χ3n) is 8.00. The predicted molar refractivity (Wildman–Crippen MR) is 112 cm³/mol. The molecule has 4 fully saturated rings. The van der Waals surface area contributed by atoms with Crippen LogP contribution in [0.2, 0.25) is 0 Å². The standard InChI is InChI=1S/C22H35N5O3/c1-3-29-21(28)26-12-8-22(15-26)13-18(14-22)25-10-6-17(7-11-25)19-5-4-9-27(19)20-24-23-16(2)30-20/h17-19H,3-15H2,1-2H3. The molecule has 0 radical (unpaired) electrons. The van der Waals surface area contributed by atoms with Gasteiger partial charge in [-0.15, -0.1) is 5.10 Å². The van der Waals surface area contributed by atoms with Crippen LogP contribution in [-0.4, -0.2) is 77.5 Å².